The number of hydrogen-bond donors (Lipinski definition) is 1. The molecule has 1 atom stereocenters. The van der Waals surface area contributed by atoms with Crippen LogP contribution in [-0.2, 0) is 6.42 Å². The van der Waals surface area contributed by atoms with Crippen molar-refractivity contribution in [3.63, 3.8) is 0 Å². The largest absolute Gasteiger partial charge is 0.310 e. The molecule has 0 radical (unpaired) electrons. The van der Waals surface area contributed by atoms with Crippen molar-refractivity contribution in [2.75, 3.05) is 6.54 Å². The van der Waals surface area contributed by atoms with Crippen molar-refractivity contribution in [3.8, 4) is 0 Å². The summed E-state index contributed by atoms with van der Waals surface area (Å²) >= 11 is 0. The fraction of sp³-hybridized carbons (Fsp3) is 0.250. The van der Waals surface area contributed by atoms with Gasteiger partial charge in [0.1, 0.15) is 17.5 Å². The van der Waals surface area contributed by atoms with E-state index in [1.165, 1.54) is 24.3 Å². The van der Waals surface area contributed by atoms with Crippen LogP contribution < -0.4 is 5.32 Å². The molecule has 0 aliphatic rings. The van der Waals surface area contributed by atoms with E-state index in [4.69, 9.17) is 0 Å². The Kier molecular flexibility index (Phi) is 4.79. The highest BCUT2D eigenvalue weighted by Gasteiger charge is 2.05. The molecule has 4 heteroatoms. The van der Waals surface area contributed by atoms with Crippen molar-refractivity contribution in [3.05, 3.63) is 71.0 Å². The van der Waals surface area contributed by atoms with Crippen molar-refractivity contribution in [1.29, 1.82) is 0 Å². The predicted octanol–water partition coefficient (Wildman–Crippen LogP) is 4.00. The Morgan fingerprint density at radius 1 is 0.900 bits per heavy atom. The number of nitrogens with one attached hydrogen (secondary N) is 1. The first kappa shape index (κ1) is 14.6. The standard InChI is InChI=1S/C16H16F3N/c1-11(13-2-4-14(17)5-3-13)20-7-6-12-8-15(18)10-16(19)9-12/h2-5,8-11,20H,6-7H2,1H3. The second-order valence-corrected chi connectivity index (χ2v) is 4.76. The molecule has 0 fully saturated rings. The zero-order valence-corrected chi connectivity index (χ0v) is 11.2. The fourth-order valence-corrected chi connectivity index (χ4v) is 2.06. The number of rotatable bonds is 5. The Balaban J connectivity index is 1.87. The minimum Gasteiger partial charge on any atom is -0.310 e. The Bertz CT molecular complexity index is 546. The predicted molar refractivity (Wildman–Crippen MR) is 72.9 cm³/mol. The zero-order chi connectivity index (χ0) is 14.5. The summed E-state index contributed by atoms with van der Waals surface area (Å²) in [4.78, 5) is 0. The summed E-state index contributed by atoms with van der Waals surface area (Å²) in [5.74, 6) is -1.39. The first-order chi connectivity index (χ1) is 9.54. The maximum atomic E-state index is 13.0. The van der Waals surface area contributed by atoms with E-state index < -0.39 is 11.6 Å². The van der Waals surface area contributed by atoms with Gasteiger partial charge in [-0.1, -0.05) is 12.1 Å². The first-order valence-corrected chi connectivity index (χ1v) is 6.48. The molecule has 2 rings (SSSR count). The van der Waals surface area contributed by atoms with Gasteiger partial charge >= 0.3 is 0 Å². The molecule has 0 saturated carbocycles. The highest BCUT2D eigenvalue weighted by atomic mass is 19.1. The van der Waals surface area contributed by atoms with E-state index in [1.54, 1.807) is 12.1 Å². The van der Waals surface area contributed by atoms with Crippen LogP contribution >= 0.6 is 0 Å². The van der Waals surface area contributed by atoms with Crippen LogP contribution in [0.5, 0.6) is 0 Å². The van der Waals surface area contributed by atoms with Crippen LogP contribution in [0.15, 0.2) is 42.5 Å². The Morgan fingerprint density at radius 3 is 2.10 bits per heavy atom. The number of halogens is 3. The minimum absolute atomic E-state index is 0.0500. The maximum absolute atomic E-state index is 13.0. The van der Waals surface area contributed by atoms with E-state index in [1.807, 2.05) is 6.92 Å². The minimum atomic E-state index is -0.563. The van der Waals surface area contributed by atoms with E-state index in [-0.39, 0.29) is 11.9 Å². The van der Waals surface area contributed by atoms with Gasteiger partial charge in [0, 0.05) is 12.1 Å². The molecular formula is C16H16F3N. The zero-order valence-electron chi connectivity index (χ0n) is 11.2. The summed E-state index contributed by atoms with van der Waals surface area (Å²) in [7, 11) is 0. The molecule has 0 aliphatic heterocycles. The molecule has 0 aliphatic carbocycles. The third-order valence-corrected chi connectivity index (χ3v) is 3.16. The van der Waals surface area contributed by atoms with Crippen molar-refractivity contribution in [2.24, 2.45) is 0 Å². The van der Waals surface area contributed by atoms with Crippen LogP contribution in [0, 0.1) is 17.5 Å². The average molecular weight is 279 g/mol. The molecule has 0 saturated heterocycles. The Labute approximate surface area is 116 Å². The van der Waals surface area contributed by atoms with Crippen molar-refractivity contribution in [1.82, 2.24) is 5.32 Å². The highest BCUT2D eigenvalue weighted by molar-refractivity contribution is 5.20. The van der Waals surface area contributed by atoms with Gasteiger partial charge < -0.3 is 5.32 Å². The third-order valence-electron chi connectivity index (χ3n) is 3.16. The average Bonchev–Trinajstić information content (AvgIpc) is 2.38. The summed E-state index contributed by atoms with van der Waals surface area (Å²) in [6.45, 7) is 2.54. The van der Waals surface area contributed by atoms with Gasteiger partial charge in [-0.15, -0.1) is 0 Å². The van der Waals surface area contributed by atoms with Crippen LogP contribution in [-0.4, -0.2) is 6.54 Å². The topological polar surface area (TPSA) is 12.0 Å². The van der Waals surface area contributed by atoms with Gasteiger partial charge in [0.2, 0.25) is 0 Å². The third kappa shape index (κ3) is 4.10. The fourth-order valence-electron chi connectivity index (χ4n) is 2.06. The van der Waals surface area contributed by atoms with Crippen LogP contribution in [0.25, 0.3) is 0 Å². The molecule has 20 heavy (non-hydrogen) atoms. The summed E-state index contributed by atoms with van der Waals surface area (Å²) in [5, 5.41) is 3.24. The van der Waals surface area contributed by atoms with E-state index in [0.29, 0.717) is 18.5 Å². The summed E-state index contributed by atoms with van der Waals surface area (Å²) in [5.41, 5.74) is 1.58. The molecule has 0 aromatic heterocycles. The highest BCUT2D eigenvalue weighted by Crippen LogP contribution is 2.13. The van der Waals surface area contributed by atoms with Crippen molar-refractivity contribution in [2.45, 2.75) is 19.4 Å². The van der Waals surface area contributed by atoms with Gasteiger partial charge in [-0.3, -0.25) is 0 Å². The van der Waals surface area contributed by atoms with Crippen LogP contribution in [0.4, 0.5) is 13.2 Å². The first-order valence-electron chi connectivity index (χ1n) is 6.48. The van der Waals surface area contributed by atoms with E-state index in [2.05, 4.69) is 5.32 Å². The molecule has 0 bridgehead atoms. The molecule has 2 aromatic carbocycles. The molecule has 106 valence electrons. The lowest BCUT2D eigenvalue weighted by atomic mass is 10.1. The summed E-state index contributed by atoms with van der Waals surface area (Å²) in [6.07, 6.45) is 0.528. The lowest BCUT2D eigenvalue weighted by molar-refractivity contribution is 0.562. The Morgan fingerprint density at radius 2 is 1.50 bits per heavy atom. The van der Waals surface area contributed by atoms with Crippen LogP contribution in [0.2, 0.25) is 0 Å². The molecular weight excluding hydrogens is 263 g/mol. The quantitative estimate of drug-likeness (QED) is 0.872. The molecule has 0 spiro atoms. The van der Waals surface area contributed by atoms with Crippen molar-refractivity contribution < 1.29 is 13.2 Å². The van der Waals surface area contributed by atoms with E-state index in [9.17, 15) is 13.2 Å². The molecule has 0 amide bonds. The summed E-state index contributed by atoms with van der Waals surface area (Å²) < 4.78 is 38.8. The molecule has 1 N–H and O–H groups in total. The van der Waals surface area contributed by atoms with Gasteiger partial charge in [0.15, 0.2) is 0 Å². The Hall–Kier alpha value is -1.81. The van der Waals surface area contributed by atoms with E-state index >= 15 is 0 Å². The van der Waals surface area contributed by atoms with Gasteiger partial charge in [-0.25, -0.2) is 13.2 Å². The second-order valence-electron chi connectivity index (χ2n) is 4.76. The molecule has 1 unspecified atom stereocenters. The van der Waals surface area contributed by atoms with Gasteiger partial charge in [-0.2, -0.15) is 0 Å². The number of benzene rings is 2. The molecule has 1 nitrogen and oxygen atoms in total. The monoisotopic (exact) mass is 279 g/mol. The maximum Gasteiger partial charge on any atom is 0.126 e. The van der Waals surface area contributed by atoms with Crippen molar-refractivity contribution >= 4 is 0 Å². The van der Waals surface area contributed by atoms with Gasteiger partial charge in [0.25, 0.3) is 0 Å². The second kappa shape index (κ2) is 6.57. The lowest BCUT2D eigenvalue weighted by Gasteiger charge is -2.14. The van der Waals surface area contributed by atoms with E-state index in [0.717, 1.165) is 11.6 Å². The smallest absolute Gasteiger partial charge is 0.126 e. The number of hydrogen-bond acceptors (Lipinski definition) is 1. The summed E-state index contributed by atoms with van der Waals surface area (Å²) in [6, 6.07) is 9.82. The molecule has 2 aromatic rings. The molecule has 0 heterocycles. The SMILES string of the molecule is CC(NCCc1cc(F)cc(F)c1)c1ccc(F)cc1. The lowest BCUT2D eigenvalue weighted by Crippen LogP contribution is -2.21. The van der Waals surface area contributed by atoms with Crippen LogP contribution in [0.3, 0.4) is 0 Å². The van der Waals surface area contributed by atoms with Gasteiger partial charge in [0.05, 0.1) is 0 Å². The normalized spacial score (nSPS) is 12.4. The van der Waals surface area contributed by atoms with Crippen LogP contribution in [0.1, 0.15) is 24.1 Å². The van der Waals surface area contributed by atoms with Gasteiger partial charge in [-0.05, 0) is 55.3 Å².